The Morgan fingerprint density at radius 3 is 2.54 bits per heavy atom. The molecule has 0 fully saturated rings. The van der Waals surface area contributed by atoms with Crippen LogP contribution < -0.4 is 4.74 Å². The van der Waals surface area contributed by atoms with Gasteiger partial charge in [-0.2, -0.15) is 0 Å². The minimum Gasteiger partial charge on any atom is -0.465 e. The van der Waals surface area contributed by atoms with E-state index < -0.39 is 0 Å². The lowest BCUT2D eigenvalue weighted by atomic mass is 9.99. The van der Waals surface area contributed by atoms with Crippen molar-refractivity contribution in [1.29, 1.82) is 0 Å². The molecule has 0 N–H and O–H groups in total. The van der Waals surface area contributed by atoms with E-state index in [0.29, 0.717) is 25.4 Å². The predicted molar refractivity (Wildman–Crippen MR) is 99.1 cm³/mol. The SMILES string of the molecule is CCC(C)c1ccc(OC(C)OCCCC(=O)c2cccs2)cc1. The molecular weight excluding hydrogens is 320 g/mol. The van der Waals surface area contributed by atoms with Gasteiger partial charge in [0, 0.05) is 6.42 Å². The largest absolute Gasteiger partial charge is 0.465 e. The first-order valence-electron chi connectivity index (χ1n) is 8.55. The lowest BCUT2D eigenvalue weighted by molar-refractivity contribution is -0.0672. The van der Waals surface area contributed by atoms with Gasteiger partial charge >= 0.3 is 0 Å². The van der Waals surface area contributed by atoms with E-state index in [9.17, 15) is 4.79 Å². The number of hydrogen-bond donors (Lipinski definition) is 0. The van der Waals surface area contributed by atoms with E-state index in [2.05, 4.69) is 26.0 Å². The average molecular weight is 346 g/mol. The molecule has 0 aliphatic heterocycles. The lowest BCUT2D eigenvalue weighted by Crippen LogP contribution is -2.17. The van der Waals surface area contributed by atoms with Crippen molar-refractivity contribution < 1.29 is 14.3 Å². The van der Waals surface area contributed by atoms with E-state index in [1.54, 1.807) is 0 Å². The van der Waals surface area contributed by atoms with Gasteiger partial charge in [-0.1, -0.05) is 32.0 Å². The molecule has 2 unspecified atom stereocenters. The van der Waals surface area contributed by atoms with Crippen molar-refractivity contribution in [2.45, 2.75) is 52.2 Å². The topological polar surface area (TPSA) is 35.5 Å². The fraction of sp³-hybridized carbons (Fsp3) is 0.450. The Morgan fingerprint density at radius 1 is 1.17 bits per heavy atom. The number of rotatable bonds is 10. The summed E-state index contributed by atoms with van der Waals surface area (Å²) in [4.78, 5) is 12.7. The molecule has 0 saturated heterocycles. The van der Waals surface area contributed by atoms with Gasteiger partial charge in [0.25, 0.3) is 0 Å². The molecular formula is C20H26O3S. The van der Waals surface area contributed by atoms with E-state index in [1.165, 1.54) is 16.9 Å². The summed E-state index contributed by atoms with van der Waals surface area (Å²) in [5.41, 5.74) is 1.32. The van der Waals surface area contributed by atoms with Crippen LogP contribution in [0.25, 0.3) is 0 Å². The van der Waals surface area contributed by atoms with E-state index in [4.69, 9.17) is 9.47 Å². The standard InChI is InChI=1S/C20H26O3S/c1-4-15(2)17-9-11-18(12-10-17)23-16(3)22-13-5-7-19(21)20-8-6-14-24-20/h6,8-12,14-16H,4-5,7,13H2,1-3H3. The van der Waals surface area contributed by atoms with Gasteiger partial charge in [0.2, 0.25) is 0 Å². The number of carbonyl (C=O) groups is 1. The minimum absolute atomic E-state index is 0.183. The third-order valence-corrected chi connectivity index (χ3v) is 4.97. The van der Waals surface area contributed by atoms with E-state index in [0.717, 1.165) is 17.0 Å². The zero-order chi connectivity index (χ0) is 17.4. The van der Waals surface area contributed by atoms with Gasteiger partial charge in [-0.15, -0.1) is 11.3 Å². The average Bonchev–Trinajstić information content (AvgIpc) is 3.13. The molecule has 0 aliphatic carbocycles. The number of ketones is 1. The maximum atomic E-state index is 11.9. The van der Waals surface area contributed by atoms with Crippen LogP contribution in [0.2, 0.25) is 0 Å². The molecule has 2 atom stereocenters. The van der Waals surface area contributed by atoms with Gasteiger partial charge < -0.3 is 9.47 Å². The van der Waals surface area contributed by atoms with Gasteiger partial charge in [-0.3, -0.25) is 4.79 Å². The zero-order valence-corrected chi connectivity index (χ0v) is 15.5. The second-order valence-corrected chi connectivity index (χ2v) is 6.89. The van der Waals surface area contributed by atoms with Crippen LogP contribution in [0.3, 0.4) is 0 Å². The molecule has 1 aromatic carbocycles. The molecule has 4 heteroatoms. The highest BCUT2D eigenvalue weighted by atomic mass is 32.1. The van der Waals surface area contributed by atoms with E-state index in [-0.39, 0.29) is 12.1 Å². The van der Waals surface area contributed by atoms with E-state index >= 15 is 0 Å². The minimum atomic E-state index is -0.323. The number of hydrogen-bond acceptors (Lipinski definition) is 4. The van der Waals surface area contributed by atoms with Crippen LogP contribution in [-0.2, 0) is 4.74 Å². The predicted octanol–water partition coefficient (Wildman–Crippen LogP) is 5.67. The molecule has 3 nitrogen and oxygen atoms in total. The van der Waals surface area contributed by atoms with Crippen LogP contribution in [0.5, 0.6) is 5.75 Å². The van der Waals surface area contributed by atoms with E-state index in [1.807, 2.05) is 36.6 Å². The molecule has 1 heterocycles. The smallest absolute Gasteiger partial charge is 0.196 e. The normalized spacial score (nSPS) is 13.5. The van der Waals surface area contributed by atoms with Crippen molar-refractivity contribution >= 4 is 17.1 Å². The molecule has 1 aromatic heterocycles. The lowest BCUT2D eigenvalue weighted by Gasteiger charge is -2.16. The quantitative estimate of drug-likeness (QED) is 0.316. The Labute approximate surface area is 148 Å². The second kappa shape index (κ2) is 9.60. The van der Waals surface area contributed by atoms with Gasteiger partial charge in [0.15, 0.2) is 12.1 Å². The first-order chi connectivity index (χ1) is 11.6. The summed E-state index contributed by atoms with van der Waals surface area (Å²) < 4.78 is 11.4. The number of carbonyl (C=O) groups excluding carboxylic acids is 1. The summed E-state index contributed by atoms with van der Waals surface area (Å²) in [5, 5.41) is 1.92. The first-order valence-corrected chi connectivity index (χ1v) is 9.43. The fourth-order valence-electron chi connectivity index (χ4n) is 2.38. The number of thiophene rings is 1. The summed E-state index contributed by atoms with van der Waals surface area (Å²) in [7, 11) is 0. The zero-order valence-electron chi connectivity index (χ0n) is 14.7. The van der Waals surface area contributed by atoms with Crippen molar-refractivity contribution in [3.63, 3.8) is 0 Å². The van der Waals surface area contributed by atoms with Crippen LogP contribution in [0.1, 0.15) is 61.2 Å². The number of benzene rings is 1. The third-order valence-electron chi connectivity index (χ3n) is 4.06. The Morgan fingerprint density at radius 2 is 1.92 bits per heavy atom. The molecule has 0 aliphatic rings. The van der Waals surface area contributed by atoms with Crippen molar-refractivity contribution in [3.8, 4) is 5.75 Å². The Bertz CT molecular complexity index is 604. The molecule has 0 amide bonds. The van der Waals surface area contributed by atoms with Gasteiger partial charge in [0.1, 0.15) is 5.75 Å². The van der Waals surface area contributed by atoms with Crippen molar-refractivity contribution in [3.05, 3.63) is 52.2 Å². The molecule has 0 saturated carbocycles. The summed E-state index contributed by atoms with van der Waals surface area (Å²) in [5.74, 6) is 1.56. The third kappa shape index (κ3) is 5.77. The number of ether oxygens (including phenoxy) is 2. The molecule has 0 radical (unpaired) electrons. The summed E-state index contributed by atoms with van der Waals surface area (Å²) in [6, 6.07) is 12.0. The first kappa shape index (κ1) is 18.7. The second-order valence-electron chi connectivity index (χ2n) is 5.94. The Kier molecular flexibility index (Phi) is 7.47. The highest BCUT2D eigenvalue weighted by Crippen LogP contribution is 2.22. The Hall–Kier alpha value is -1.65. The van der Waals surface area contributed by atoms with Crippen molar-refractivity contribution in [2.24, 2.45) is 0 Å². The van der Waals surface area contributed by atoms with Crippen molar-refractivity contribution in [1.82, 2.24) is 0 Å². The van der Waals surface area contributed by atoms with Gasteiger partial charge in [-0.05, 0) is 54.8 Å². The molecule has 2 aromatic rings. The van der Waals surface area contributed by atoms with Gasteiger partial charge in [-0.25, -0.2) is 0 Å². The Balaban J connectivity index is 1.67. The van der Waals surface area contributed by atoms with Crippen LogP contribution >= 0.6 is 11.3 Å². The molecule has 0 bridgehead atoms. The van der Waals surface area contributed by atoms with Crippen LogP contribution in [-0.4, -0.2) is 18.7 Å². The maximum absolute atomic E-state index is 11.9. The van der Waals surface area contributed by atoms with Crippen LogP contribution in [0.4, 0.5) is 0 Å². The molecule has 0 spiro atoms. The fourth-order valence-corrected chi connectivity index (χ4v) is 3.07. The highest BCUT2D eigenvalue weighted by Gasteiger charge is 2.09. The van der Waals surface area contributed by atoms with Gasteiger partial charge in [0.05, 0.1) is 11.5 Å². The summed E-state index contributed by atoms with van der Waals surface area (Å²) in [6.07, 6.45) is 2.02. The monoisotopic (exact) mass is 346 g/mol. The maximum Gasteiger partial charge on any atom is 0.196 e. The van der Waals surface area contributed by atoms with Crippen LogP contribution in [0.15, 0.2) is 41.8 Å². The van der Waals surface area contributed by atoms with Crippen LogP contribution in [0, 0.1) is 0 Å². The number of Topliss-reactive ketones (excluding diaryl/α,β-unsaturated/α-hetero) is 1. The van der Waals surface area contributed by atoms with Crippen molar-refractivity contribution in [2.75, 3.05) is 6.61 Å². The summed E-state index contributed by atoms with van der Waals surface area (Å²) >= 11 is 1.49. The summed E-state index contributed by atoms with van der Waals surface area (Å²) in [6.45, 7) is 6.81. The molecule has 2 rings (SSSR count). The molecule has 24 heavy (non-hydrogen) atoms. The molecule has 130 valence electrons. The highest BCUT2D eigenvalue weighted by molar-refractivity contribution is 7.12.